The normalized spacial score (nSPS) is 12.2. The summed E-state index contributed by atoms with van der Waals surface area (Å²) in [4.78, 5) is 0.342. The van der Waals surface area contributed by atoms with E-state index in [0.717, 1.165) is 0 Å². The van der Waals surface area contributed by atoms with Crippen molar-refractivity contribution in [2.45, 2.75) is 4.90 Å². The van der Waals surface area contributed by atoms with Gasteiger partial charge in [0.05, 0.1) is 14.2 Å². The van der Waals surface area contributed by atoms with E-state index in [1.54, 1.807) is 18.2 Å². The second-order valence-corrected chi connectivity index (χ2v) is 3.45. The number of nitrogens with two attached hydrogens (primary N) is 1. The summed E-state index contributed by atoms with van der Waals surface area (Å²) in [5.74, 6) is 5.82. The van der Waals surface area contributed by atoms with Crippen LogP contribution in [0.5, 0.6) is 11.5 Å². The molecule has 14 heavy (non-hydrogen) atoms. The average molecular weight is 217 g/mol. The third kappa shape index (κ3) is 2.22. The van der Waals surface area contributed by atoms with Crippen LogP contribution < -0.4 is 15.4 Å². The lowest BCUT2D eigenvalue weighted by atomic mass is 10.3. The van der Waals surface area contributed by atoms with Gasteiger partial charge in [0, 0.05) is 6.07 Å². The maximum atomic E-state index is 11.3. The summed E-state index contributed by atoms with van der Waals surface area (Å²) in [5.41, 5.74) is 0. The second-order valence-electron chi connectivity index (χ2n) is 2.35. The second kappa shape index (κ2) is 4.94. The van der Waals surface area contributed by atoms with Gasteiger partial charge in [0.1, 0.15) is 16.4 Å². The number of hydrogen-bond acceptors (Lipinski definition) is 5. The predicted octanol–water partition coefficient (Wildman–Crippen LogP) is 0.617. The van der Waals surface area contributed by atoms with Gasteiger partial charge >= 0.3 is 0 Å². The SMILES string of the molecule is COc1ccc(OC)c(S(=O)ON)c1. The zero-order valence-electron chi connectivity index (χ0n) is 7.85. The molecule has 78 valence electrons. The molecule has 0 aliphatic heterocycles. The number of hydrogen-bond donors (Lipinski definition) is 1. The van der Waals surface area contributed by atoms with Gasteiger partial charge in [-0.15, -0.1) is 0 Å². The Balaban J connectivity index is 3.14. The highest BCUT2D eigenvalue weighted by atomic mass is 32.2. The van der Waals surface area contributed by atoms with Crippen LogP contribution in [0.4, 0.5) is 0 Å². The highest BCUT2D eigenvalue weighted by molar-refractivity contribution is 7.80. The first-order chi connectivity index (χ1) is 6.72. The largest absolute Gasteiger partial charge is 0.497 e. The molecular weight excluding hydrogens is 206 g/mol. The fraction of sp³-hybridized carbons (Fsp3) is 0.250. The van der Waals surface area contributed by atoms with Crippen molar-refractivity contribution >= 4 is 11.1 Å². The van der Waals surface area contributed by atoms with E-state index in [1.165, 1.54) is 14.2 Å². The molecule has 0 bridgehead atoms. The molecule has 1 atom stereocenters. The maximum Gasteiger partial charge on any atom is 0.210 e. The van der Waals surface area contributed by atoms with Crippen LogP contribution in [0.15, 0.2) is 23.1 Å². The zero-order chi connectivity index (χ0) is 10.6. The molecule has 0 radical (unpaired) electrons. The van der Waals surface area contributed by atoms with Crippen LogP contribution in [0.3, 0.4) is 0 Å². The molecule has 0 spiro atoms. The van der Waals surface area contributed by atoms with Crippen molar-refractivity contribution in [3.63, 3.8) is 0 Å². The van der Waals surface area contributed by atoms with Crippen LogP contribution in [0.2, 0.25) is 0 Å². The fourth-order valence-corrected chi connectivity index (χ4v) is 1.60. The smallest absolute Gasteiger partial charge is 0.210 e. The van der Waals surface area contributed by atoms with Crippen molar-refractivity contribution in [3.8, 4) is 11.5 Å². The van der Waals surface area contributed by atoms with E-state index < -0.39 is 11.1 Å². The van der Waals surface area contributed by atoms with E-state index >= 15 is 0 Å². The van der Waals surface area contributed by atoms with Crippen LogP contribution in [-0.4, -0.2) is 18.4 Å². The molecule has 5 nitrogen and oxygen atoms in total. The Morgan fingerprint density at radius 2 is 2.00 bits per heavy atom. The molecule has 0 aromatic heterocycles. The molecule has 2 N–H and O–H groups in total. The molecule has 1 aromatic carbocycles. The first kappa shape index (κ1) is 11.0. The lowest BCUT2D eigenvalue weighted by Gasteiger charge is -2.07. The Morgan fingerprint density at radius 3 is 2.50 bits per heavy atom. The minimum absolute atomic E-state index is 0.342. The molecule has 0 aliphatic rings. The summed E-state index contributed by atoms with van der Waals surface area (Å²) in [5, 5.41) is 0. The summed E-state index contributed by atoms with van der Waals surface area (Å²) in [6.45, 7) is 0. The Labute approximate surface area is 84.4 Å². The molecule has 0 aliphatic carbocycles. The molecule has 0 saturated carbocycles. The number of methoxy groups -OCH3 is 2. The molecule has 1 aromatic rings. The summed E-state index contributed by atoms with van der Waals surface area (Å²) in [7, 11) is 2.98. The Hall–Kier alpha value is -1.11. The van der Waals surface area contributed by atoms with Gasteiger partial charge in [-0.1, -0.05) is 0 Å². The van der Waals surface area contributed by atoms with Gasteiger partial charge < -0.3 is 9.47 Å². The molecule has 0 saturated heterocycles. The first-order valence-corrected chi connectivity index (χ1v) is 4.81. The molecule has 0 heterocycles. The van der Waals surface area contributed by atoms with Crippen molar-refractivity contribution in [3.05, 3.63) is 18.2 Å². The van der Waals surface area contributed by atoms with Crippen LogP contribution >= 0.6 is 0 Å². The van der Waals surface area contributed by atoms with Crippen LogP contribution in [0.1, 0.15) is 0 Å². The van der Waals surface area contributed by atoms with Gasteiger partial charge in [-0.3, -0.25) is 0 Å². The Morgan fingerprint density at radius 1 is 1.29 bits per heavy atom. The monoisotopic (exact) mass is 217 g/mol. The molecule has 0 fully saturated rings. The quantitative estimate of drug-likeness (QED) is 0.748. The predicted molar refractivity (Wildman–Crippen MR) is 51.2 cm³/mol. The summed E-state index contributed by atoms with van der Waals surface area (Å²) in [6, 6.07) is 4.86. The topological polar surface area (TPSA) is 70.8 Å². The summed E-state index contributed by atoms with van der Waals surface area (Å²) in [6.07, 6.45) is 0. The highest BCUT2D eigenvalue weighted by Crippen LogP contribution is 2.26. The van der Waals surface area contributed by atoms with Crippen LogP contribution in [-0.2, 0) is 15.4 Å². The average Bonchev–Trinajstić information content (AvgIpc) is 2.27. The highest BCUT2D eigenvalue weighted by Gasteiger charge is 2.12. The molecular formula is C8H11NO4S. The van der Waals surface area contributed by atoms with Crippen LogP contribution in [0, 0.1) is 0 Å². The molecule has 1 rings (SSSR count). The minimum atomic E-state index is -1.74. The van der Waals surface area contributed by atoms with Gasteiger partial charge in [0.15, 0.2) is 0 Å². The molecule has 1 unspecified atom stereocenters. The molecule has 0 amide bonds. The van der Waals surface area contributed by atoms with E-state index in [2.05, 4.69) is 4.28 Å². The van der Waals surface area contributed by atoms with Crippen molar-refractivity contribution in [1.29, 1.82) is 0 Å². The standard InChI is InChI=1S/C8H11NO4S/c1-11-6-3-4-7(12-2)8(5-6)14(10)13-9/h3-5H,9H2,1-2H3. The van der Waals surface area contributed by atoms with Gasteiger partial charge in [0.2, 0.25) is 11.1 Å². The van der Waals surface area contributed by atoms with Gasteiger partial charge in [-0.2, -0.15) is 10.2 Å². The van der Waals surface area contributed by atoms with Crippen molar-refractivity contribution in [2.75, 3.05) is 14.2 Å². The van der Waals surface area contributed by atoms with Gasteiger partial charge in [-0.05, 0) is 12.1 Å². The number of ether oxygens (including phenoxy) is 2. The Bertz CT molecular complexity index is 342. The lowest BCUT2D eigenvalue weighted by Crippen LogP contribution is -2.05. The lowest BCUT2D eigenvalue weighted by molar-refractivity contribution is 0.358. The van der Waals surface area contributed by atoms with Gasteiger partial charge in [-0.25, -0.2) is 4.21 Å². The fourth-order valence-electron chi connectivity index (χ4n) is 0.966. The third-order valence-electron chi connectivity index (χ3n) is 1.64. The number of rotatable bonds is 4. The van der Waals surface area contributed by atoms with E-state index in [9.17, 15) is 4.21 Å². The van der Waals surface area contributed by atoms with E-state index in [0.29, 0.717) is 16.4 Å². The first-order valence-electron chi connectivity index (χ1n) is 3.74. The Kier molecular flexibility index (Phi) is 3.87. The number of benzene rings is 1. The molecule has 6 heteroatoms. The third-order valence-corrected chi connectivity index (χ3v) is 2.49. The van der Waals surface area contributed by atoms with E-state index in [4.69, 9.17) is 15.4 Å². The van der Waals surface area contributed by atoms with E-state index in [1.807, 2.05) is 0 Å². The maximum absolute atomic E-state index is 11.3. The van der Waals surface area contributed by atoms with Crippen molar-refractivity contribution < 1.29 is 18.0 Å². The minimum Gasteiger partial charge on any atom is -0.497 e. The zero-order valence-corrected chi connectivity index (χ0v) is 8.67. The van der Waals surface area contributed by atoms with Crippen molar-refractivity contribution in [2.24, 2.45) is 5.90 Å². The van der Waals surface area contributed by atoms with E-state index in [-0.39, 0.29) is 0 Å². The summed E-state index contributed by atoms with van der Waals surface area (Å²) < 4.78 is 25.5. The van der Waals surface area contributed by atoms with Crippen molar-refractivity contribution in [1.82, 2.24) is 0 Å². The summed E-state index contributed by atoms with van der Waals surface area (Å²) >= 11 is -1.74. The van der Waals surface area contributed by atoms with Gasteiger partial charge in [0.25, 0.3) is 0 Å². The van der Waals surface area contributed by atoms with Crippen LogP contribution in [0.25, 0.3) is 0 Å².